The first-order chi connectivity index (χ1) is 5.07. The van der Waals surface area contributed by atoms with Gasteiger partial charge in [-0.05, 0) is 0 Å². The zero-order valence-electron chi connectivity index (χ0n) is 6.25. The number of ketones is 1. The highest BCUT2D eigenvalue weighted by molar-refractivity contribution is 6.34. The Morgan fingerprint density at radius 2 is 1.82 bits per heavy atom. The number of Topliss-reactive ketones (excluding diaryl/α,β-unsaturated/α-hetero) is 1. The molecule has 0 bridgehead atoms. The first kappa shape index (κ1) is 9.61. The molecule has 0 rings (SSSR count). The molecule has 0 aromatic rings. The molecular weight excluding hydrogens is 152 g/mol. The maximum Gasteiger partial charge on any atom is 0.378 e. The minimum atomic E-state index is -1.01. The summed E-state index contributed by atoms with van der Waals surface area (Å²) in [5.74, 6) is -2.49. The van der Waals surface area contributed by atoms with Gasteiger partial charge in [-0.25, -0.2) is 4.79 Å². The number of hydrogen-bond acceptors (Lipinski definition) is 5. The molecule has 0 atom stereocenters. The topological polar surface area (TPSA) is 69.7 Å². The highest BCUT2D eigenvalue weighted by Gasteiger charge is 2.14. The maximum atomic E-state index is 10.5. The molecule has 0 aliphatic carbocycles. The lowest BCUT2D eigenvalue weighted by atomic mass is 10.4. The van der Waals surface area contributed by atoms with Crippen molar-refractivity contribution in [3.05, 3.63) is 0 Å². The van der Waals surface area contributed by atoms with Crippen LogP contribution in [0.3, 0.4) is 0 Å². The van der Waals surface area contributed by atoms with E-state index in [2.05, 4.69) is 9.47 Å². The Kier molecular flexibility index (Phi) is 3.87. The second-order valence-electron chi connectivity index (χ2n) is 1.70. The number of hydrogen-bond donors (Lipinski definition) is 0. The summed E-state index contributed by atoms with van der Waals surface area (Å²) in [6.07, 6.45) is 0. The summed E-state index contributed by atoms with van der Waals surface area (Å²) >= 11 is 0. The van der Waals surface area contributed by atoms with Crippen LogP contribution >= 0.6 is 0 Å². The summed E-state index contributed by atoms with van der Waals surface area (Å²) in [4.78, 5) is 31.0. The highest BCUT2D eigenvalue weighted by atomic mass is 16.5. The SMILES string of the molecule is COC(=O)C(=O)COC(C)=O. The summed E-state index contributed by atoms with van der Waals surface area (Å²) in [6.45, 7) is 0.590. The van der Waals surface area contributed by atoms with E-state index in [1.54, 1.807) is 0 Å². The predicted octanol–water partition coefficient (Wildman–Crippen LogP) is -0.708. The lowest BCUT2D eigenvalue weighted by molar-refractivity contribution is -0.156. The van der Waals surface area contributed by atoms with E-state index in [-0.39, 0.29) is 0 Å². The second-order valence-corrected chi connectivity index (χ2v) is 1.70. The molecule has 0 saturated heterocycles. The zero-order valence-corrected chi connectivity index (χ0v) is 6.25. The van der Waals surface area contributed by atoms with E-state index >= 15 is 0 Å². The maximum absolute atomic E-state index is 10.5. The Hall–Kier alpha value is -1.39. The number of carbonyl (C=O) groups excluding carboxylic acids is 3. The van der Waals surface area contributed by atoms with Crippen LogP contribution in [-0.2, 0) is 23.9 Å². The third kappa shape index (κ3) is 4.07. The van der Waals surface area contributed by atoms with E-state index in [1.165, 1.54) is 0 Å². The van der Waals surface area contributed by atoms with Crippen LogP contribution in [0.2, 0.25) is 0 Å². The van der Waals surface area contributed by atoms with Crippen molar-refractivity contribution in [2.45, 2.75) is 6.92 Å². The highest BCUT2D eigenvalue weighted by Crippen LogP contribution is 1.82. The van der Waals surface area contributed by atoms with Gasteiger partial charge in [-0.15, -0.1) is 0 Å². The molecule has 0 aliphatic heterocycles. The number of methoxy groups -OCH3 is 1. The minimum Gasteiger partial charge on any atom is -0.463 e. The standard InChI is InChI=1S/C6H8O5/c1-4(7)11-3-5(8)6(9)10-2/h3H2,1-2H3. The van der Waals surface area contributed by atoms with Gasteiger partial charge in [0.2, 0.25) is 0 Å². The Bertz CT molecular complexity index is 183. The van der Waals surface area contributed by atoms with E-state index in [0.717, 1.165) is 14.0 Å². The van der Waals surface area contributed by atoms with E-state index in [4.69, 9.17) is 0 Å². The van der Waals surface area contributed by atoms with Crippen LogP contribution in [-0.4, -0.2) is 31.4 Å². The van der Waals surface area contributed by atoms with Crippen molar-refractivity contribution in [1.82, 2.24) is 0 Å². The number of esters is 2. The Morgan fingerprint density at radius 3 is 2.18 bits per heavy atom. The van der Waals surface area contributed by atoms with Gasteiger partial charge in [-0.1, -0.05) is 0 Å². The third-order valence-corrected chi connectivity index (χ3v) is 0.820. The molecule has 0 amide bonds. The monoisotopic (exact) mass is 160 g/mol. The van der Waals surface area contributed by atoms with Crippen LogP contribution < -0.4 is 0 Å². The molecule has 11 heavy (non-hydrogen) atoms. The van der Waals surface area contributed by atoms with Gasteiger partial charge in [0.1, 0.15) is 0 Å². The number of rotatable bonds is 3. The van der Waals surface area contributed by atoms with E-state index in [9.17, 15) is 14.4 Å². The van der Waals surface area contributed by atoms with Gasteiger partial charge in [0.15, 0.2) is 6.61 Å². The van der Waals surface area contributed by atoms with Crippen LogP contribution in [0.5, 0.6) is 0 Å². The molecule has 0 heterocycles. The summed E-state index contributed by atoms with van der Waals surface area (Å²) in [6, 6.07) is 0. The quantitative estimate of drug-likeness (QED) is 0.403. The van der Waals surface area contributed by atoms with E-state index in [0.29, 0.717) is 0 Å². The minimum absolute atomic E-state index is 0.554. The fourth-order valence-corrected chi connectivity index (χ4v) is 0.340. The van der Waals surface area contributed by atoms with Gasteiger partial charge in [0.05, 0.1) is 7.11 Å². The molecule has 0 N–H and O–H groups in total. The predicted molar refractivity (Wildman–Crippen MR) is 33.7 cm³/mol. The number of ether oxygens (including phenoxy) is 2. The van der Waals surface area contributed by atoms with Gasteiger partial charge in [-0.2, -0.15) is 0 Å². The van der Waals surface area contributed by atoms with Crippen LogP contribution in [0.25, 0.3) is 0 Å². The van der Waals surface area contributed by atoms with Crippen LogP contribution in [0, 0.1) is 0 Å². The fraction of sp³-hybridized carbons (Fsp3) is 0.500. The molecular formula is C6H8O5. The van der Waals surface area contributed by atoms with E-state index in [1.807, 2.05) is 0 Å². The van der Waals surface area contributed by atoms with Crippen molar-refractivity contribution >= 4 is 17.7 Å². The first-order valence-corrected chi connectivity index (χ1v) is 2.82. The van der Waals surface area contributed by atoms with Crippen LogP contribution in [0.15, 0.2) is 0 Å². The second kappa shape index (κ2) is 4.43. The Labute approximate surface area is 63.3 Å². The largest absolute Gasteiger partial charge is 0.463 e. The summed E-state index contributed by atoms with van der Waals surface area (Å²) in [7, 11) is 1.08. The number of carbonyl (C=O) groups is 3. The third-order valence-electron chi connectivity index (χ3n) is 0.820. The van der Waals surface area contributed by atoms with Crippen molar-refractivity contribution in [3.63, 3.8) is 0 Å². The van der Waals surface area contributed by atoms with E-state index < -0.39 is 24.3 Å². The molecule has 62 valence electrons. The van der Waals surface area contributed by atoms with Crippen molar-refractivity contribution in [1.29, 1.82) is 0 Å². The van der Waals surface area contributed by atoms with Gasteiger partial charge in [0.25, 0.3) is 5.78 Å². The molecule has 0 unspecified atom stereocenters. The molecule has 0 aliphatic rings. The fourth-order valence-electron chi connectivity index (χ4n) is 0.340. The lowest BCUT2D eigenvalue weighted by Gasteiger charge is -1.98. The zero-order chi connectivity index (χ0) is 8.85. The van der Waals surface area contributed by atoms with Crippen LogP contribution in [0.1, 0.15) is 6.92 Å². The van der Waals surface area contributed by atoms with Gasteiger partial charge in [-0.3, -0.25) is 9.59 Å². The van der Waals surface area contributed by atoms with Gasteiger partial charge < -0.3 is 9.47 Å². The summed E-state index contributed by atoms with van der Waals surface area (Å²) in [5, 5.41) is 0. The lowest BCUT2D eigenvalue weighted by Crippen LogP contribution is -2.22. The van der Waals surface area contributed by atoms with Gasteiger partial charge >= 0.3 is 11.9 Å². The van der Waals surface area contributed by atoms with Crippen molar-refractivity contribution in [2.75, 3.05) is 13.7 Å². The smallest absolute Gasteiger partial charge is 0.378 e. The Morgan fingerprint density at radius 1 is 1.27 bits per heavy atom. The first-order valence-electron chi connectivity index (χ1n) is 2.82. The molecule has 5 heteroatoms. The molecule has 0 fully saturated rings. The Balaban J connectivity index is 3.70. The van der Waals surface area contributed by atoms with Crippen LogP contribution in [0.4, 0.5) is 0 Å². The molecule has 0 aromatic carbocycles. The molecule has 0 spiro atoms. The summed E-state index contributed by atoms with van der Waals surface area (Å²) in [5.41, 5.74) is 0. The average Bonchev–Trinajstić information content (AvgIpc) is 1.98. The average molecular weight is 160 g/mol. The van der Waals surface area contributed by atoms with Crippen molar-refractivity contribution in [3.8, 4) is 0 Å². The van der Waals surface area contributed by atoms with Gasteiger partial charge in [0, 0.05) is 6.92 Å². The van der Waals surface area contributed by atoms with Crippen molar-refractivity contribution in [2.24, 2.45) is 0 Å². The molecule has 0 aromatic heterocycles. The van der Waals surface area contributed by atoms with Crippen molar-refractivity contribution < 1.29 is 23.9 Å². The summed E-state index contributed by atoms with van der Waals surface area (Å²) < 4.78 is 8.30. The normalized spacial score (nSPS) is 8.55. The molecule has 0 radical (unpaired) electrons. The molecule has 5 nitrogen and oxygen atoms in total. The molecule has 0 saturated carbocycles.